The number of nitrogens with zero attached hydrogens (tertiary/aromatic N) is 1. The zero-order valence-corrected chi connectivity index (χ0v) is 11.9. The summed E-state index contributed by atoms with van der Waals surface area (Å²) in [5.74, 6) is -0.379. The van der Waals surface area contributed by atoms with Crippen LogP contribution < -0.4 is 0 Å². The summed E-state index contributed by atoms with van der Waals surface area (Å²) in [7, 11) is -1.20. The van der Waals surface area contributed by atoms with Gasteiger partial charge in [0.15, 0.2) is 0 Å². The number of ether oxygens (including phenoxy) is 1. The molecule has 0 saturated carbocycles. The number of carbonyl (C=O) groups is 1. The lowest BCUT2D eigenvalue weighted by Gasteiger charge is -2.15. The van der Waals surface area contributed by atoms with E-state index in [1.54, 1.807) is 18.2 Å². The molecule has 0 amide bonds. The standard InChI is InChI=1S/C13H17NO3Si/c1-18(2,3)8-7-17-13(16)11-5-4-6-12(9-11)14-10-15/h4-6,9H,7-8H2,1-3H3. The Bertz CT molecular complexity index is 473. The highest BCUT2D eigenvalue weighted by atomic mass is 28.3. The van der Waals surface area contributed by atoms with Crippen molar-refractivity contribution in [1.29, 1.82) is 0 Å². The number of rotatable bonds is 5. The van der Waals surface area contributed by atoms with Gasteiger partial charge in [0, 0.05) is 8.07 Å². The Hall–Kier alpha value is -1.71. The summed E-state index contributed by atoms with van der Waals surface area (Å²) in [5, 5.41) is 0. The first-order valence-corrected chi connectivity index (χ1v) is 9.48. The van der Waals surface area contributed by atoms with E-state index in [9.17, 15) is 9.59 Å². The molecule has 0 aliphatic carbocycles. The van der Waals surface area contributed by atoms with Crippen LogP contribution in [-0.2, 0) is 9.53 Å². The summed E-state index contributed by atoms with van der Waals surface area (Å²) in [5.41, 5.74) is 0.812. The largest absolute Gasteiger partial charge is 0.462 e. The van der Waals surface area contributed by atoms with Crippen LogP contribution in [0.3, 0.4) is 0 Å². The monoisotopic (exact) mass is 263 g/mol. The van der Waals surface area contributed by atoms with E-state index in [1.807, 2.05) is 0 Å². The second-order valence-corrected chi connectivity index (χ2v) is 10.8. The first-order chi connectivity index (χ1) is 8.42. The normalized spacial score (nSPS) is 10.6. The lowest BCUT2D eigenvalue weighted by atomic mass is 10.2. The van der Waals surface area contributed by atoms with Crippen molar-refractivity contribution in [1.82, 2.24) is 0 Å². The Morgan fingerprint density at radius 2 is 2.11 bits per heavy atom. The first kappa shape index (κ1) is 14.3. The molecule has 96 valence electrons. The van der Waals surface area contributed by atoms with Crippen molar-refractivity contribution < 1.29 is 14.3 Å². The Labute approximate surface area is 108 Å². The van der Waals surface area contributed by atoms with Crippen LogP contribution in [-0.4, -0.2) is 26.7 Å². The van der Waals surface area contributed by atoms with E-state index in [1.165, 1.54) is 12.1 Å². The topological polar surface area (TPSA) is 55.7 Å². The van der Waals surface area contributed by atoms with E-state index in [-0.39, 0.29) is 5.97 Å². The van der Waals surface area contributed by atoms with Crippen molar-refractivity contribution in [2.45, 2.75) is 25.7 Å². The van der Waals surface area contributed by atoms with Crippen LogP contribution in [0.25, 0.3) is 0 Å². The van der Waals surface area contributed by atoms with Crippen LogP contribution in [0.4, 0.5) is 5.69 Å². The molecule has 0 N–H and O–H groups in total. The van der Waals surface area contributed by atoms with Gasteiger partial charge >= 0.3 is 5.97 Å². The van der Waals surface area contributed by atoms with E-state index in [4.69, 9.17) is 4.74 Å². The quantitative estimate of drug-likeness (QED) is 0.355. The molecule has 1 rings (SSSR count). The minimum absolute atomic E-state index is 0.379. The number of carbonyl (C=O) groups excluding carboxylic acids is 2. The molecule has 5 heteroatoms. The fourth-order valence-electron chi connectivity index (χ4n) is 1.29. The van der Waals surface area contributed by atoms with E-state index in [0.717, 1.165) is 6.04 Å². The zero-order chi connectivity index (χ0) is 13.6. The van der Waals surface area contributed by atoms with Crippen molar-refractivity contribution in [3.63, 3.8) is 0 Å². The predicted octanol–water partition coefficient (Wildman–Crippen LogP) is 3.15. The van der Waals surface area contributed by atoms with Gasteiger partial charge < -0.3 is 4.74 Å². The van der Waals surface area contributed by atoms with Crippen molar-refractivity contribution >= 4 is 25.8 Å². The molecule has 0 saturated heterocycles. The molecule has 1 aromatic carbocycles. The minimum Gasteiger partial charge on any atom is -0.462 e. The fraction of sp³-hybridized carbons (Fsp3) is 0.385. The second-order valence-electron chi connectivity index (χ2n) is 5.20. The van der Waals surface area contributed by atoms with Gasteiger partial charge in [-0.15, -0.1) is 0 Å². The van der Waals surface area contributed by atoms with Crippen molar-refractivity contribution in [2.75, 3.05) is 6.61 Å². The molecule has 0 spiro atoms. The number of benzene rings is 1. The fourth-order valence-corrected chi connectivity index (χ4v) is 2.00. The lowest BCUT2D eigenvalue weighted by molar-refractivity contribution is 0.0525. The molecule has 0 unspecified atom stereocenters. The minimum atomic E-state index is -1.20. The molecule has 0 aliphatic heterocycles. The predicted molar refractivity (Wildman–Crippen MR) is 72.7 cm³/mol. The SMILES string of the molecule is C[Si](C)(C)CCOC(=O)c1cccc(N=C=O)c1. The maximum atomic E-state index is 11.7. The summed E-state index contributed by atoms with van der Waals surface area (Å²) in [6.45, 7) is 7.11. The van der Waals surface area contributed by atoms with E-state index in [2.05, 4.69) is 24.6 Å². The third kappa shape index (κ3) is 5.08. The summed E-state index contributed by atoms with van der Waals surface area (Å²) in [6.07, 6.45) is 1.44. The highest BCUT2D eigenvalue weighted by Gasteiger charge is 2.14. The highest BCUT2D eigenvalue weighted by molar-refractivity contribution is 6.76. The van der Waals surface area contributed by atoms with Gasteiger partial charge in [-0.2, -0.15) is 4.99 Å². The molecule has 0 bridgehead atoms. The van der Waals surface area contributed by atoms with Crippen LogP contribution in [0.2, 0.25) is 25.7 Å². The van der Waals surface area contributed by atoms with Gasteiger partial charge in [0.1, 0.15) is 0 Å². The average Bonchev–Trinajstić information content (AvgIpc) is 2.28. The number of hydrogen-bond acceptors (Lipinski definition) is 4. The molecule has 4 nitrogen and oxygen atoms in total. The summed E-state index contributed by atoms with van der Waals surface area (Å²) in [4.78, 5) is 25.3. The van der Waals surface area contributed by atoms with Gasteiger partial charge in [0.25, 0.3) is 0 Å². The third-order valence-electron chi connectivity index (χ3n) is 2.34. The van der Waals surface area contributed by atoms with E-state index >= 15 is 0 Å². The number of isocyanates is 1. The molecule has 18 heavy (non-hydrogen) atoms. The van der Waals surface area contributed by atoms with E-state index in [0.29, 0.717) is 17.9 Å². The van der Waals surface area contributed by atoms with Gasteiger partial charge in [-0.05, 0) is 24.2 Å². The highest BCUT2D eigenvalue weighted by Crippen LogP contribution is 2.15. The van der Waals surface area contributed by atoms with Crippen LogP contribution >= 0.6 is 0 Å². The molecule has 0 heterocycles. The first-order valence-electron chi connectivity index (χ1n) is 5.77. The van der Waals surface area contributed by atoms with Gasteiger partial charge in [-0.3, -0.25) is 0 Å². The molecular formula is C13H17NO3Si. The smallest absolute Gasteiger partial charge is 0.338 e. The summed E-state index contributed by atoms with van der Waals surface area (Å²) in [6, 6.07) is 7.38. The number of esters is 1. The van der Waals surface area contributed by atoms with Gasteiger partial charge in [-0.25, -0.2) is 9.59 Å². The number of hydrogen-bond donors (Lipinski definition) is 0. The Morgan fingerprint density at radius 1 is 1.39 bits per heavy atom. The van der Waals surface area contributed by atoms with Crippen LogP contribution in [0.1, 0.15) is 10.4 Å². The van der Waals surface area contributed by atoms with Crippen molar-refractivity contribution in [3.05, 3.63) is 29.8 Å². The summed E-state index contributed by atoms with van der Waals surface area (Å²) < 4.78 is 5.19. The Balaban J connectivity index is 2.61. The molecule has 0 aliphatic rings. The van der Waals surface area contributed by atoms with Crippen LogP contribution in [0, 0.1) is 0 Å². The van der Waals surface area contributed by atoms with Gasteiger partial charge in [-0.1, -0.05) is 25.7 Å². The molecule has 0 radical (unpaired) electrons. The second kappa shape index (κ2) is 6.28. The molecule has 1 aromatic rings. The van der Waals surface area contributed by atoms with Crippen LogP contribution in [0.15, 0.2) is 29.3 Å². The van der Waals surface area contributed by atoms with E-state index < -0.39 is 8.07 Å². The third-order valence-corrected chi connectivity index (χ3v) is 4.05. The average molecular weight is 263 g/mol. The van der Waals surface area contributed by atoms with Gasteiger partial charge in [0.05, 0.1) is 17.9 Å². The van der Waals surface area contributed by atoms with Crippen molar-refractivity contribution in [2.24, 2.45) is 4.99 Å². The zero-order valence-electron chi connectivity index (χ0n) is 10.9. The molecular weight excluding hydrogens is 246 g/mol. The number of aliphatic imine (C=N–C) groups is 1. The Kier molecular flexibility index (Phi) is 5.01. The lowest BCUT2D eigenvalue weighted by Crippen LogP contribution is -2.22. The molecule has 0 atom stereocenters. The maximum absolute atomic E-state index is 11.7. The van der Waals surface area contributed by atoms with Crippen molar-refractivity contribution in [3.8, 4) is 0 Å². The Morgan fingerprint density at radius 3 is 2.72 bits per heavy atom. The molecule has 0 aromatic heterocycles. The van der Waals surface area contributed by atoms with Crippen LogP contribution in [0.5, 0.6) is 0 Å². The molecule has 0 fully saturated rings. The summed E-state index contributed by atoms with van der Waals surface area (Å²) >= 11 is 0. The maximum Gasteiger partial charge on any atom is 0.338 e. The van der Waals surface area contributed by atoms with Gasteiger partial charge in [0.2, 0.25) is 6.08 Å².